The van der Waals surface area contributed by atoms with E-state index in [4.69, 9.17) is 24.4 Å². The molecule has 0 aliphatic heterocycles. The molecule has 4 rings (SSSR count). The third kappa shape index (κ3) is 8.53. The lowest BCUT2D eigenvalue weighted by Gasteiger charge is -2.09. The maximum Gasteiger partial charge on any atom is 0.191 e. The summed E-state index contributed by atoms with van der Waals surface area (Å²) in [5.41, 5.74) is 9.46. The first-order valence-corrected chi connectivity index (χ1v) is 13.0. The van der Waals surface area contributed by atoms with Crippen molar-refractivity contribution in [1.29, 1.82) is 0 Å². The lowest BCUT2D eigenvalue weighted by Crippen LogP contribution is -2.23. The number of hydrogen-bond acceptors (Lipinski definition) is 5. The van der Waals surface area contributed by atoms with Crippen molar-refractivity contribution in [2.45, 2.75) is 9.79 Å². The molecule has 0 saturated carbocycles. The molecule has 0 bridgehead atoms. The molecule has 0 aliphatic carbocycles. The van der Waals surface area contributed by atoms with Gasteiger partial charge in [0.25, 0.3) is 0 Å². The van der Waals surface area contributed by atoms with Gasteiger partial charge in [0.1, 0.15) is 0 Å². The van der Waals surface area contributed by atoms with E-state index >= 15 is 0 Å². The van der Waals surface area contributed by atoms with E-state index in [1.165, 1.54) is 0 Å². The van der Waals surface area contributed by atoms with Crippen LogP contribution in [0.25, 0.3) is 0 Å². The van der Waals surface area contributed by atoms with Gasteiger partial charge in [-0.05, 0) is 60.8 Å². The van der Waals surface area contributed by atoms with Crippen LogP contribution in [0.4, 0.5) is 11.4 Å². The molecule has 0 heterocycles. The van der Waals surface area contributed by atoms with Gasteiger partial charge in [-0.2, -0.15) is 10.2 Å². The van der Waals surface area contributed by atoms with Gasteiger partial charge in [0.2, 0.25) is 0 Å². The van der Waals surface area contributed by atoms with Crippen LogP contribution in [0.15, 0.2) is 129 Å². The minimum atomic E-state index is 0.418. The highest BCUT2D eigenvalue weighted by Gasteiger charge is 2.06. The maximum absolute atomic E-state index is 5.33. The molecule has 0 spiro atoms. The lowest BCUT2D eigenvalue weighted by atomic mass is 10.2. The Kier molecular flexibility index (Phi) is 9.77. The molecule has 4 aromatic carbocycles. The van der Waals surface area contributed by atoms with Gasteiger partial charge in [-0.25, -0.2) is 0 Å². The second-order valence-corrected chi connectivity index (χ2v) is 9.46. The summed E-state index contributed by atoms with van der Waals surface area (Å²) in [6, 6.07) is 35.5. The van der Waals surface area contributed by atoms with E-state index in [-0.39, 0.29) is 0 Å². The van der Waals surface area contributed by atoms with Crippen LogP contribution in [0.5, 0.6) is 0 Å². The molecule has 184 valence electrons. The van der Waals surface area contributed by atoms with Gasteiger partial charge >= 0.3 is 0 Å². The summed E-state index contributed by atoms with van der Waals surface area (Å²) in [4.78, 5) is 2.09. The Labute approximate surface area is 231 Å². The molecule has 0 atom stereocenters. The van der Waals surface area contributed by atoms with Gasteiger partial charge in [-0.3, -0.25) is 10.9 Å². The second-order valence-electron chi connectivity index (χ2n) is 7.56. The average molecular weight is 541 g/mol. The topological polar surface area (TPSA) is 72.8 Å². The molecule has 0 radical (unpaired) electrons. The van der Waals surface area contributed by atoms with Crippen LogP contribution < -0.4 is 21.5 Å². The Morgan fingerprint density at radius 3 is 1.35 bits per heavy atom. The number of hydrazone groups is 2. The molecule has 0 saturated heterocycles. The van der Waals surface area contributed by atoms with E-state index in [0.29, 0.717) is 10.2 Å². The summed E-state index contributed by atoms with van der Waals surface area (Å²) in [7, 11) is 0. The molecule has 0 fully saturated rings. The number of para-hydroxylation sites is 2. The van der Waals surface area contributed by atoms with E-state index < -0.39 is 0 Å². The summed E-state index contributed by atoms with van der Waals surface area (Å²) in [5.74, 6) is 0. The van der Waals surface area contributed by atoms with Gasteiger partial charge in [-0.1, -0.05) is 84.6 Å². The zero-order valence-electron chi connectivity index (χ0n) is 19.7. The van der Waals surface area contributed by atoms with Crippen LogP contribution in [0.3, 0.4) is 0 Å². The van der Waals surface area contributed by atoms with Crippen LogP contribution >= 0.6 is 36.2 Å². The summed E-state index contributed by atoms with van der Waals surface area (Å²) in [6.07, 6.45) is 3.51. The molecule has 4 N–H and O–H groups in total. The zero-order valence-corrected chi connectivity index (χ0v) is 22.1. The van der Waals surface area contributed by atoms with E-state index in [2.05, 4.69) is 43.8 Å². The first-order chi connectivity index (χ1) is 18.2. The van der Waals surface area contributed by atoms with E-state index in [0.717, 1.165) is 32.3 Å². The van der Waals surface area contributed by atoms with Crippen molar-refractivity contribution >= 4 is 70.2 Å². The number of rotatable bonds is 8. The third-order valence-corrected chi connectivity index (χ3v) is 6.43. The molecule has 0 aromatic heterocycles. The van der Waals surface area contributed by atoms with Crippen LogP contribution in [0.1, 0.15) is 11.1 Å². The molecule has 0 unspecified atom stereocenters. The van der Waals surface area contributed by atoms with E-state index in [1.54, 1.807) is 24.2 Å². The number of benzene rings is 4. The molecule has 0 amide bonds. The fourth-order valence-corrected chi connectivity index (χ4v) is 4.51. The highest BCUT2D eigenvalue weighted by atomic mass is 32.2. The first-order valence-electron chi connectivity index (χ1n) is 11.3. The maximum atomic E-state index is 5.33. The Morgan fingerprint density at radius 1 is 0.541 bits per heavy atom. The Morgan fingerprint density at radius 2 is 0.919 bits per heavy atom. The van der Waals surface area contributed by atoms with Crippen molar-refractivity contribution in [1.82, 2.24) is 10.9 Å². The van der Waals surface area contributed by atoms with E-state index in [9.17, 15) is 0 Å². The summed E-state index contributed by atoms with van der Waals surface area (Å²) in [6.45, 7) is 0. The summed E-state index contributed by atoms with van der Waals surface area (Å²) < 4.78 is 0. The van der Waals surface area contributed by atoms with Gasteiger partial charge in [0, 0.05) is 32.3 Å². The highest BCUT2D eigenvalue weighted by Crippen LogP contribution is 2.31. The van der Waals surface area contributed by atoms with Crippen LogP contribution in [-0.2, 0) is 0 Å². The molecule has 6 nitrogen and oxygen atoms in total. The highest BCUT2D eigenvalue weighted by molar-refractivity contribution is 7.99. The second kappa shape index (κ2) is 13.9. The Balaban J connectivity index is 1.38. The van der Waals surface area contributed by atoms with Gasteiger partial charge in [0.05, 0.1) is 12.4 Å². The molecule has 4 aromatic rings. The average Bonchev–Trinajstić information content (AvgIpc) is 2.92. The Hall–Kier alpha value is -4.05. The van der Waals surface area contributed by atoms with Crippen molar-refractivity contribution in [3.8, 4) is 0 Å². The number of hydrogen-bond donors (Lipinski definition) is 4. The van der Waals surface area contributed by atoms with Crippen molar-refractivity contribution < 1.29 is 0 Å². The fraction of sp³-hybridized carbons (Fsp3) is 0. The fourth-order valence-electron chi connectivity index (χ4n) is 3.16. The van der Waals surface area contributed by atoms with Crippen molar-refractivity contribution in [3.63, 3.8) is 0 Å². The van der Waals surface area contributed by atoms with Crippen molar-refractivity contribution in [2.24, 2.45) is 10.2 Å². The molecular weight excluding hydrogens is 517 g/mol. The zero-order chi connectivity index (χ0) is 25.7. The quantitative estimate of drug-likeness (QED) is 0.116. The third-order valence-electron chi connectivity index (χ3n) is 4.86. The van der Waals surface area contributed by atoms with Crippen molar-refractivity contribution in [2.75, 3.05) is 10.6 Å². The summed E-state index contributed by atoms with van der Waals surface area (Å²) >= 11 is 12.3. The van der Waals surface area contributed by atoms with Crippen LogP contribution in [0, 0.1) is 0 Å². The largest absolute Gasteiger partial charge is 0.331 e. The van der Waals surface area contributed by atoms with Crippen LogP contribution in [0.2, 0.25) is 0 Å². The summed E-state index contributed by atoms with van der Waals surface area (Å²) in [5, 5.41) is 15.7. The first kappa shape index (κ1) is 26.0. The monoisotopic (exact) mass is 540 g/mol. The smallest absolute Gasteiger partial charge is 0.191 e. The van der Waals surface area contributed by atoms with Crippen molar-refractivity contribution in [3.05, 3.63) is 120 Å². The molecule has 9 heteroatoms. The number of nitrogens with one attached hydrogen (secondary N) is 4. The molecule has 37 heavy (non-hydrogen) atoms. The molecular formula is C28H24N6S3. The minimum absolute atomic E-state index is 0.418. The Bertz CT molecular complexity index is 1280. The lowest BCUT2D eigenvalue weighted by molar-refractivity contribution is 1.05. The van der Waals surface area contributed by atoms with Gasteiger partial charge in [0.15, 0.2) is 10.2 Å². The standard InChI is InChI=1S/C28H24N6S3/c35-27(31-23-13-3-1-4-14-23)33-29-19-21-11-7-9-17-25(21)37-26-18-10-8-12-22(26)20-30-34-28(36)32-24-15-5-2-6-16-24/h1-20H,(H2,31,33,35)(H2,32,34,36)/b29-19+,30-20+. The SMILES string of the molecule is S=C(N/N=C/c1ccccc1Sc1ccccc1/C=N/NC(=S)Nc1ccccc1)Nc1ccccc1. The molecule has 0 aliphatic rings. The van der Waals surface area contributed by atoms with Gasteiger partial charge in [-0.15, -0.1) is 0 Å². The predicted molar refractivity (Wildman–Crippen MR) is 164 cm³/mol. The number of anilines is 2. The van der Waals surface area contributed by atoms with Gasteiger partial charge < -0.3 is 10.6 Å². The van der Waals surface area contributed by atoms with E-state index in [1.807, 2.05) is 97.1 Å². The number of thiocarbonyl (C=S) groups is 2. The predicted octanol–water partition coefficient (Wildman–Crippen LogP) is 6.48. The minimum Gasteiger partial charge on any atom is -0.331 e. The van der Waals surface area contributed by atoms with Crippen LogP contribution in [-0.4, -0.2) is 22.7 Å². The normalized spacial score (nSPS) is 10.8. The number of nitrogens with zero attached hydrogens (tertiary/aromatic N) is 2.